The van der Waals surface area contributed by atoms with Crippen molar-refractivity contribution in [1.82, 2.24) is 14.2 Å². The third-order valence-electron chi connectivity index (χ3n) is 5.22. The number of anilines is 1. The first kappa shape index (κ1) is 18.6. The summed E-state index contributed by atoms with van der Waals surface area (Å²) in [7, 11) is -1.49. The van der Waals surface area contributed by atoms with Crippen molar-refractivity contribution in [3.8, 4) is 0 Å². The number of aromatic nitrogens is 1. The lowest BCUT2D eigenvalue weighted by Gasteiger charge is -2.32. The molecule has 2 aliphatic rings. The van der Waals surface area contributed by atoms with E-state index in [1.54, 1.807) is 12.1 Å². The lowest BCUT2D eigenvalue weighted by atomic mass is 9.85. The predicted molar refractivity (Wildman–Crippen MR) is 97.0 cm³/mol. The molecule has 25 heavy (non-hydrogen) atoms. The Bertz CT molecular complexity index is 664. The molecule has 1 saturated heterocycles. The maximum atomic E-state index is 12.7. The molecule has 0 spiro atoms. The Labute approximate surface area is 150 Å². The first-order valence-electron chi connectivity index (χ1n) is 9.00. The van der Waals surface area contributed by atoms with Gasteiger partial charge in [-0.3, -0.25) is 0 Å². The molecule has 7 nitrogen and oxygen atoms in total. The Hall–Kier alpha value is -1.22. The van der Waals surface area contributed by atoms with Gasteiger partial charge < -0.3 is 15.3 Å². The highest BCUT2D eigenvalue weighted by atomic mass is 32.2. The van der Waals surface area contributed by atoms with Crippen LogP contribution in [0.1, 0.15) is 32.1 Å². The van der Waals surface area contributed by atoms with E-state index in [2.05, 4.69) is 15.2 Å². The number of pyridine rings is 1. The first-order chi connectivity index (χ1) is 11.9. The van der Waals surface area contributed by atoms with Crippen molar-refractivity contribution in [2.45, 2.75) is 42.6 Å². The van der Waals surface area contributed by atoms with Crippen LogP contribution in [0, 0.1) is 0 Å². The summed E-state index contributed by atoms with van der Waals surface area (Å²) in [6.45, 7) is 2.94. The van der Waals surface area contributed by atoms with Gasteiger partial charge in [0.15, 0.2) is 0 Å². The number of nitrogens with zero attached hydrogens (tertiary/aromatic N) is 3. The smallest absolute Gasteiger partial charge is 0.244 e. The fraction of sp³-hybridized carbons (Fsp3) is 0.706. The van der Waals surface area contributed by atoms with Crippen molar-refractivity contribution in [3.63, 3.8) is 0 Å². The molecule has 1 aromatic heterocycles. The summed E-state index contributed by atoms with van der Waals surface area (Å²) >= 11 is 0. The zero-order chi connectivity index (χ0) is 17.9. The first-order valence-corrected chi connectivity index (χ1v) is 10.4. The quantitative estimate of drug-likeness (QED) is 0.810. The number of hydrogen-bond donors (Lipinski definition) is 2. The van der Waals surface area contributed by atoms with E-state index in [-0.39, 0.29) is 4.90 Å². The van der Waals surface area contributed by atoms with Gasteiger partial charge in [0.05, 0.1) is 5.60 Å². The van der Waals surface area contributed by atoms with Gasteiger partial charge in [0.2, 0.25) is 10.0 Å². The fourth-order valence-electron chi connectivity index (χ4n) is 3.46. The van der Waals surface area contributed by atoms with Crippen molar-refractivity contribution >= 4 is 15.8 Å². The highest BCUT2D eigenvalue weighted by molar-refractivity contribution is 7.89. The van der Waals surface area contributed by atoms with Crippen LogP contribution in [0.4, 0.5) is 5.82 Å². The predicted octanol–water partition coefficient (Wildman–Crippen LogP) is 1.12. The third-order valence-corrected chi connectivity index (χ3v) is 7.10. The average Bonchev–Trinajstić information content (AvgIpc) is 2.61. The molecule has 2 N–H and O–H groups in total. The van der Waals surface area contributed by atoms with E-state index in [0.717, 1.165) is 38.8 Å². The molecule has 2 fully saturated rings. The van der Waals surface area contributed by atoms with Crippen LogP contribution in [0.25, 0.3) is 0 Å². The molecule has 1 aromatic rings. The molecule has 1 aliphatic carbocycles. The normalized spacial score (nSPS) is 22.6. The lowest BCUT2D eigenvalue weighted by Crippen LogP contribution is -2.47. The monoisotopic (exact) mass is 368 g/mol. The van der Waals surface area contributed by atoms with E-state index < -0.39 is 15.6 Å². The topological polar surface area (TPSA) is 85.8 Å². The van der Waals surface area contributed by atoms with Crippen molar-refractivity contribution in [2.75, 3.05) is 45.1 Å². The summed E-state index contributed by atoms with van der Waals surface area (Å²) in [4.78, 5) is 6.57. The van der Waals surface area contributed by atoms with Crippen LogP contribution in [0.2, 0.25) is 0 Å². The Morgan fingerprint density at radius 3 is 2.44 bits per heavy atom. The summed E-state index contributed by atoms with van der Waals surface area (Å²) in [5.74, 6) is 0.594. The standard InChI is InChI=1S/C17H28N4O3S/c1-20-9-11-21(12-10-20)25(23,24)15-5-6-16(18-13-15)19-14-17(22)7-3-2-4-8-17/h5-6,13,22H,2-4,7-12,14H2,1H3,(H,18,19). The second-order valence-corrected chi connectivity index (χ2v) is 9.16. The largest absolute Gasteiger partial charge is 0.388 e. The summed E-state index contributed by atoms with van der Waals surface area (Å²) in [5, 5.41) is 13.7. The van der Waals surface area contributed by atoms with E-state index in [1.165, 1.54) is 16.9 Å². The van der Waals surface area contributed by atoms with Crippen molar-refractivity contribution in [1.29, 1.82) is 0 Å². The highest BCUT2D eigenvalue weighted by Gasteiger charge is 2.29. The molecule has 1 aliphatic heterocycles. The van der Waals surface area contributed by atoms with Gasteiger partial charge in [-0.1, -0.05) is 19.3 Å². The maximum absolute atomic E-state index is 12.7. The molecule has 0 atom stereocenters. The Kier molecular flexibility index (Phi) is 5.62. The van der Waals surface area contributed by atoms with E-state index in [9.17, 15) is 13.5 Å². The molecule has 0 amide bonds. The number of likely N-dealkylation sites (N-methyl/N-ethyl adjacent to an activating group) is 1. The zero-order valence-corrected chi connectivity index (χ0v) is 15.6. The molecule has 1 saturated carbocycles. The Morgan fingerprint density at radius 2 is 1.84 bits per heavy atom. The van der Waals surface area contributed by atoms with E-state index >= 15 is 0 Å². The highest BCUT2D eigenvalue weighted by Crippen LogP contribution is 2.28. The van der Waals surface area contributed by atoms with Crippen molar-refractivity contribution in [2.24, 2.45) is 0 Å². The second-order valence-electron chi connectivity index (χ2n) is 7.23. The molecule has 3 rings (SSSR count). The number of rotatable bonds is 5. The minimum absolute atomic E-state index is 0.221. The number of piperazine rings is 1. The number of aliphatic hydroxyl groups is 1. The number of hydrogen-bond acceptors (Lipinski definition) is 6. The zero-order valence-electron chi connectivity index (χ0n) is 14.8. The van der Waals surface area contributed by atoms with E-state index in [4.69, 9.17) is 0 Å². The maximum Gasteiger partial charge on any atom is 0.244 e. The minimum Gasteiger partial charge on any atom is -0.388 e. The van der Waals surface area contributed by atoms with Gasteiger partial charge in [-0.25, -0.2) is 13.4 Å². The molecule has 140 valence electrons. The summed E-state index contributed by atoms with van der Waals surface area (Å²) in [5.41, 5.74) is -0.676. The lowest BCUT2D eigenvalue weighted by molar-refractivity contribution is 0.0166. The van der Waals surface area contributed by atoms with E-state index in [1.807, 2.05) is 7.05 Å². The second kappa shape index (κ2) is 7.57. The van der Waals surface area contributed by atoms with Gasteiger partial charge in [-0.2, -0.15) is 4.31 Å². The molecular formula is C17H28N4O3S. The van der Waals surface area contributed by atoms with E-state index in [0.29, 0.717) is 25.5 Å². The van der Waals surface area contributed by atoms with Gasteiger partial charge >= 0.3 is 0 Å². The summed E-state index contributed by atoms with van der Waals surface area (Å²) < 4.78 is 26.9. The van der Waals surface area contributed by atoms with Crippen LogP contribution >= 0.6 is 0 Å². The molecule has 0 aromatic carbocycles. The van der Waals surface area contributed by atoms with Crippen LogP contribution in [0.3, 0.4) is 0 Å². The molecule has 0 radical (unpaired) electrons. The molecule has 0 unspecified atom stereocenters. The van der Waals surface area contributed by atoms with Gasteiger partial charge in [-0.15, -0.1) is 0 Å². The van der Waals surface area contributed by atoms with Gasteiger partial charge in [-0.05, 0) is 32.0 Å². The third kappa shape index (κ3) is 4.49. The van der Waals surface area contributed by atoms with Crippen LogP contribution in [0.5, 0.6) is 0 Å². The molecule has 8 heteroatoms. The summed E-state index contributed by atoms with van der Waals surface area (Å²) in [6.07, 6.45) is 6.29. The Morgan fingerprint density at radius 1 is 1.16 bits per heavy atom. The van der Waals surface area contributed by atoms with Crippen molar-refractivity contribution in [3.05, 3.63) is 18.3 Å². The van der Waals surface area contributed by atoms with Gasteiger partial charge in [0.1, 0.15) is 10.7 Å². The average molecular weight is 369 g/mol. The molecule has 0 bridgehead atoms. The van der Waals surface area contributed by atoms with Crippen LogP contribution in [0.15, 0.2) is 23.2 Å². The van der Waals surface area contributed by atoms with Crippen LogP contribution in [-0.2, 0) is 10.0 Å². The number of sulfonamides is 1. The van der Waals surface area contributed by atoms with Gasteiger partial charge in [0.25, 0.3) is 0 Å². The molecule has 2 heterocycles. The van der Waals surface area contributed by atoms with Gasteiger partial charge in [0, 0.05) is 38.9 Å². The minimum atomic E-state index is -3.48. The Balaban J connectivity index is 1.61. The number of nitrogens with one attached hydrogen (secondary N) is 1. The molecular weight excluding hydrogens is 340 g/mol. The fourth-order valence-corrected chi connectivity index (χ4v) is 4.82. The van der Waals surface area contributed by atoms with Crippen molar-refractivity contribution < 1.29 is 13.5 Å². The SMILES string of the molecule is CN1CCN(S(=O)(=O)c2ccc(NCC3(O)CCCCC3)nc2)CC1. The van der Waals surface area contributed by atoms with Crippen LogP contribution < -0.4 is 5.32 Å². The summed E-state index contributed by atoms with van der Waals surface area (Å²) in [6, 6.07) is 3.27. The van der Waals surface area contributed by atoms with Crippen LogP contribution in [-0.4, -0.2) is 73.1 Å².